The molecule has 0 aromatic heterocycles. The van der Waals surface area contributed by atoms with Gasteiger partial charge in [0.1, 0.15) is 6.61 Å². The number of piperidine rings is 2. The maximum absolute atomic E-state index is 13.2. The Morgan fingerprint density at radius 1 is 1.03 bits per heavy atom. The van der Waals surface area contributed by atoms with Crippen LogP contribution in [0.25, 0.3) is 11.1 Å². The highest BCUT2D eigenvalue weighted by Crippen LogP contribution is 2.45. The molecule has 4 nitrogen and oxygen atoms in total. The zero-order chi connectivity index (χ0) is 21.6. The number of rotatable bonds is 4. The molecule has 2 heterocycles. The topological polar surface area (TPSA) is 49.8 Å². The lowest BCUT2D eigenvalue weighted by atomic mass is 9.72. The van der Waals surface area contributed by atoms with E-state index < -0.39 is 5.60 Å². The standard InChI is InChI=1S/C27H33NO3/c1-18(2)14-27(30)15-19-8-7-9-20(16-27)28(19)26(29)31-17-25-23-12-5-3-10-21(23)22-11-4-6-13-24(22)25/h3-6,10-13,18-20,25,30H,7-9,14-17H2,1-2H3. The van der Waals surface area contributed by atoms with Gasteiger partial charge in [0.05, 0.1) is 5.60 Å². The largest absolute Gasteiger partial charge is 0.448 e. The fourth-order valence-electron chi connectivity index (χ4n) is 6.42. The average molecular weight is 420 g/mol. The number of fused-ring (bicyclic) bond motifs is 5. The van der Waals surface area contributed by atoms with Gasteiger partial charge in [0.2, 0.25) is 0 Å². The first-order valence-electron chi connectivity index (χ1n) is 11.8. The zero-order valence-corrected chi connectivity index (χ0v) is 18.6. The van der Waals surface area contributed by atoms with Crippen molar-refractivity contribution in [2.75, 3.05) is 6.61 Å². The van der Waals surface area contributed by atoms with Gasteiger partial charge in [0, 0.05) is 18.0 Å². The summed E-state index contributed by atoms with van der Waals surface area (Å²) in [6, 6.07) is 17.0. The lowest BCUT2D eigenvalue weighted by Crippen LogP contribution is -2.60. The third-order valence-corrected chi connectivity index (χ3v) is 7.43. The smallest absolute Gasteiger partial charge is 0.410 e. The molecule has 4 heteroatoms. The van der Waals surface area contributed by atoms with E-state index in [1.807, 2.05) is 4.90 Å². The third-order valence-electron chi connectivity index (χ3n) is 7.43. The van der Waals surface area contributed by atoms with Crippen molar-refractivity contribution in [3.63, 3.8) is 0 Å². The Morgan fingerprint density at radius 3 is 2.13 bits per heavy atom. The van der Waals surface area contributed by atoms with Crippen molar-refractivity contribution < 1.29 is 14.6 Å². The summed E-state index contributed by atoms with van der Waals surface area (Å²) in [6.45, 7) is 4.68. The minimum absolute atomic E-state index is 0.0823. The van der Waals surface area contributed by atoms with E-state index in [9.17, 15) is 9.90 Å². The predicted molar refractivity (Wildman–Crippen MR) is 122 cm³/mol. The summed E-state index contributed by atoms with van der Waals surface area (Å²) >= 11 is 0. The van der Waals surface area contributed by atoms with Crippen molar-refractivity contribution in [1.29, 1.82) is 0 Å². The highest BCUT2D eigenvalue weighted by atomic mass is 16.6. The fraction of sp³-hybridized carbons (Fsp3) is 0.519. The summed E-state index contributed by atoms with van der Waals surface area (Å²) in [5.74, 6) is 0.533. The van der Waals surface area contributed by atoms with Crippen LogP contribution in [0.15, 0.2) is 48.5 Å². The number of ether oxygens (including phenoxy) is 1. The van der Waals surface area contributed by atoms with E-state index in [4.69, 9.17) is 4.74 Å². The van der Waals surface area contributed by atoms with Gasteiger partial charge in [0.25, 0.3) is 0 Å². The van der Waals surface area contributed by atoms with Crippen molar-refractivity contribution >= 4 is 6.09 Å². The van der Waals surface area contributed by atoms with Crippen molar-refractivity contribution in [2.24, 2.45) is 5.92 Å². The van der Waals surface area contributed by atoms with Gasteiger partial charge in [-0.05, 0) is 66.7 Å². The monoisotopic (exact) mass is 419 g/mol. The molecule has 0 saturated carbocycles. The second-order valence-corrected chi connectivity index (χ2v) is 10.2. The molecule has 1 amide bonds. The van der Waals surface area contributed by atoms with Crippen molar-refractivity contribution in [3.05, 3.63) is 59.7 Å². The molecule has 2 aliphatic heterocycles. The molecule has 2 bridgehead atoms. The third kappa shape index (κ3) is 3.76. The summed E-state index contributed by atoms with van der Waals surface area (Å²) in [7, 11) is 0. The summed E-state index contributed by atoms with van der Waals surface area (Å²) in [6.07, 6.45) is 4.99. The number of nitrogens with zero attached hydrogens (tertiary/aromatic N) is 1. The van der Waals surface area contributed by atoms with Gasteiger partial charge in [-0.25, -0.2) is 4.79 Å². The summed E-state index contributed by atoms with van der Waals surface area (Å²) in [4.78, 5) is 15.2. The van der Waals surface area contributed by atoms with Gasteiger partial charge in [-0.1, -0.05) is 62.4 Å². The number of amides is 1. The van der Waals surface area contributed by atoms with E-state index in [-0.39, 0.29) is 24.1 Å². The van der Waals surface area contributed by atoms with Crippen molar-refractivity contribution in [1.82, 2.24) is 4.90 Å². The molecule has 1 aliphatic carbocycles. The highest BCUT2D eigenvalue weighted by molar-refractivity contribution is 5.79. The van der Waals surface area contributed by atoms with Crippen LogP contribution in [0.2, 0.25) is 0 Å². The molecule has 2 aromatic carbocycles. The molecule has 2 atom stereocenters. The molecular weight excluding hydrogens is 386 g/mol. The molecule has 0 radical (unpaired) electrons. The van der Waals surface area contributed by atoms with Gasteiger partial charge >= 0.3 is 6.09 Å². The maximum Gasteiger partial charge on any atom is 0.410 e. The first-order chi connectivity index (χ1) is 15.0. The molecular formula is C27H33NO3. The number of hydrogen-bond acceptors (Lipinski definition) is 3. The number of carbonyl (C=O) groups excluding carboxylic acids is 1. The van der Waals surface area contributed by atoms with Crippen LogP contribution >= 0.6 is 0 Å². The molecule has 1 N–H and O–H groups in total. The van der Waals surface area contributed by atoms with E-state index in [0.717, 1.165) is 25.7 Å². The maximum atomic E-state index is 13.2. The normalized spacial score (nSPS) is 27.2. The van der Waals surface area contributed by atoms with Crippen molar-refractivity contribution in [2.45, 2.75) is 76.0 Å². The molecule has 2 aromatic rings. The molecule has 3 aliphatic rings. The Balaban J connectivity index is 1.31. The second kappa shape index (κ2) is 7.98. The SMILES string of the molecule is CC(C)CC1(O)CC2CCCC(C1)N2C(=O)OCC1c2ccccc2-c2ccccc21. The van der Waals surface area contributed by atoms with E-state index in [2.05, 4.69) is 62.4 Å². The van der Waals surface area contributed by atoms with Crippen LogP contribution in [0.5, 0.6) is 0 Å². The Kier molecular flexibility index (Phi) is 5.29. The van der Waals surface area contributed by atoms with Gasteiger partial charge in [-0.15, -0.1) is 0 Å². The molecule has 0 spiro atoms. The Labute approximate surface area is 185 Å². The number of benzene rings is 2. The Morgan fingerprint density at radius 2 is 1.58 bits per heavy atom. The number of hydrogen-bond donors (Lipinski definition) is 1. The fourth-order valence-corrected chi connectivity index (χ4v) is 6.42. The second-order valence-electron chi connectivity index (χ2n) is 10.2. The molecule has 2 unspecified atom stereocenters. The van der Waals surface area contributed by atoms with E-state index >= 15 is 0 Å². The first kappa shape index (κ1) is 20.6. The van der Waals surface area contributed by atoms with Crippen LogP contribution in [0.4, 0.5) is 4.79 Å². The van der Waals surface area contributed by atoms with Gasteiger partial charge in [-0.3, -0.25) is 0 Å². The minimum Gasteiger partial charge on any atom is -0.448 e. The van der Waals surface area contributed by atoms with Crippen molar-refractivity contribution in [3.8, 4) is 11.1 Å². The van der Waals surface area contributed by atoms with E-state index in [1.165, 1.54) is 22.3 Å². The van der Waals surface area contributed by atoms with Crippen LogP contribution in [-0.4, -0.2) is 40.4 Å². The quantitative estimate of drug-likeness (QED) is 0.688. The van der Waals surface area contributed by atoms with Gasteiger partial charge in [-0.2, -0.15) is 0 Å². The lowest BCUT2D eigenvalue weighted by Gasteiger charge is -2.51. The minimum atomic E-state index is -0.649. The van der Waals surface area contributed by atoms with E-state index in [0.29, 0.717) is 25.4 Å². The lowest BCUT2D eigenvalue weighted by molar-refractivity contribution is -0.0935. The van der Waals surface area contributed by atoms with Gasteiger partial charge < -0.3 is 14.7 Å². The van der Waals surface area contributed by atoms with Crippen LogP contribution in [0, 0.1) is 5.92 Å². The first-order valence-corrected chi connectivity index (χ1v) is 11.8. The Bertz CT molecular complexity index is 909. The molecule has 164 valence electrons. The molecule has 5 rings (SSSR count). The average Bonchev–Trinajstić information content (AvgIpc) is 3.04. The van der Waals surface area contributed by atoms with E-state index in [1.54, 1.807) is 0 Å². The number of aliphatic hydroxyl groups is 1. The summed E-state index contributed by atoms with van der Waals surface area (Å²) in [5, 5.41) is 11.2. The molecule has 2 saturated heterocycles. The van der Waals surface area contributed by atoms with Crippen LogP contribution < -0.4 is 0 Å². The van der Waals surface area contributed by atoms with Crippen LogP contribution in [0.1, 0.15) is 69.4 Å². The van der Waals surface area contributed by atoms with Crippen LogP contribution in [0.3, 0.4) is 0 Å². The number of carbonyl (C=O) groups is 1. The van der Waals surface area contributed by atoms with Gasteiger partial charge in [0.15, 0.2) is 0 Å². The summed E-state index contributed by atoms with van der Waals surface area (Å²) in [5.41, 5.74) is 4.31. The molecule has 2 fully saturated rings. The zero-order valence-electron chi connectivity index (χ0n) is 18.6. The highest BCUT2D eigenvalue weighted by Gasteiger charge is 2.48. The molecule has 31 heavy (non-hydrogen) atoms. The summed E-state index contributed by atoms with van der Waals surface area (Å²) < 4.78 is 5.97. The Hall–Kier alpha value is -2.33. The van der Waals surface area contributed by atoms with Crippen LogP contribution in [-0.2, 0) is 4.74 Å². The predicted octanol–water partition coefficient (Wildman–Crippen LogP) is 5.73.